The molecule has 28 heavy (non-hydrogen) atoms. The van der Waals surface area contributed by atoms with E-state index < -0.39 is 8.32 Å². The quantitative estimate of drug-likeness (QED) is 0.300. The van der Waals surface area contributed by atoms with Crippen LogP contribution in [0.2, 0.25) is 19.6 Å². The zero-order valence-electron chi connectivity index (χ0n) is 19.7. The van der Waals surface area contributed by atoms with Gasteiger partial charge in [0.1, 0.15) is 0 Å². The lowest BCUT2D eigenvalue weighted by Crippen LogP contribution is -2.53. The Bertz CT molecular complexity index is 600. The van der Waals surface area contributed by atoms with Crippen LogP contribution in [0.15, 0.2) is 36.5 Å². The molecule has 0 radical (unpaired) electrons. The van der Waals surface area contributed by atoms with E-state index in [1.807, 2.05) is 6.08 Å². The van der Waals surface area contributed by atoms with Gasteiger partial charge in [0, 0.05) is 11.8 Å². The average Bonchev–Trinajstić information content (AvgIpc) is 2.91. The highest BCUT2D eigenvalue weighted by molar-refractivity contribution is 6.69. The molecule has 0 saturated carbocycles. The summed E-state index contributed by atoms with van der Waals surface area (Å²) in [7, 11) is -1.73. The Hall–Kier alpha value is -0.643. The second kappa shape index (κ2) is 9.02. The average molecular weight is 405 g/mol. The van der Waals surface area contributed by atoms with Crippen molar-refractivity contribution in [3.63, 3.8) is 0 Å². The first-order chi connectivity index (χ1) is 12.9. The van der Waals surface area contributed by atoms with Crippen LogP contribution in [0.5, 0.6) is 0 Å². The summed E-state index contributed by atoms with van der Waals surface area (Å²) in [5.74, 6) is 2.28. The van der Waals surface area contributed by atoms with E-state index in [1.54, 1.807) is 0 Å². The Morgan fingerprint density at radius 3 is 2.54 bits per heavy atom. The van der Waals surface area contributed by atoms with Crippen LogP contribution in [0.3, 0.4) is 0 Å². The van der Waals surface area contributed by atoms with E-state index in [4.69, 9.17) is 9.16 Å². The molecule has 3 heteroatoms. The lowest BCUT2D eigenvalue weighted by molar-refractivity contribution is -0.106. The third kappa shape index (κ3) is 5.28. The second-order valence-electron chi connectivity index (χ2n) is 10.8. The molecule has 160 valence electrons. The molecular weight excluding hydrogens is 360 g/mol. The van der Waals surface area contributed by atoms with Gasteiger partial charge in [0.2, 0.25) is 0 Å². The smallest absolute Gasteiger partial charge is 0.184 e. The third-order valence-electron chi connectivity index (χ3n) is 6.61. The first kappa shape index (κ1) is 23.6. The van der Waals surface area contributed by atoms with Crippen LogP contribution in [0.25, 0.3) is 0 Å². The maximum Gasteiger partial charge on any atom is 0.184 e. The monoisotopic (exact) mass is 404 g/mol. The molecule has 0 aromatic rings. The van der Waals surface area contributed by atoms with Crippen LogP contribution >= 0.6 is 0 Å². The standard InChI is InChI=1S/C25H44O2Si/c1-11-12-15-25(7,27-28(8,9)10)24-23-20(18(4)5)14-13-19(6)22(23)21(26-24)16-17(2)3/h11,13,18,20-24H,1-2,12,14-16H2,3-10H3/t20-,21-,22-,23-,24-,25-/m0/s1. The van der Waals surface area contributed by atoms with Crippen molar-refractivity contribution < 1.29 is 9.16 Å². The molecule has 0 bridgehead atoms. The summed E-state index contributed by atoms with van der Waals surface area (Å²) in [5, 5.41) is 0. The van der Waals surface area contributed by atoms with Crippen LogP contribution in [-0.2, 0) is 9.16 Å². The first-order valence-corrected chi connectivity index (χ1v) is 14.6. The van der Waals surface area contributed by atoms with Crippen LogP contribution < -0.4 is 0 Å². The Morgan fingerprint density at radius 1 is 1.39 bits per heavy atom. The van der Waals surface area contributed by atoms with Crippen molar-refractivity contribution in [1.82, 2.24) is 0 Å². The molecule has 0 aromatic carbocycles. The van der Waals surface area contributed by atoms with Gasteiger partial charge in [0.05, 0.1) is 17.8 Å². The van der Waals surface area contributed by atoms with E-state index in [0.29, 0.717) is 23.7 Å². The van der Waals surface area contributed by atoms with Crippen LogP contribution in [-0.4, -0.2) is 26.1 Å². The van der Waals surface area contributed by atoms with Crippen LogP contribution in [0.4, 0.5) is 0 Å². The molecule has 2 nitrogen and oxygen atoms in total. The Morgan fingerprint density at radius 2 is 2.04 bits per heavy atom. The molecule has 0 aromatic heterocycles. The summed E-state index contributed by atoms with van der Waals surface area (Å²) in [6.45, 7) is 26.5. The van der Waals surface area contributed by atoms with Crippen LogP contribution in [0, 0.1) is 23.7 Å². The number of allylic oxidation sites excluding steroid dienone is 2. The molecule has 0 N–H and O–H groups in total. The number of hydrogen-bond donors (Lipinski definition) is 0. The molecule has 1 saturated heterocycles. The largest absolute Gasteiger partial charge is 0.410 e. The van der Waals surface area contributed by atoms with E-state index >= 15 is 0 Å². The maximum absolute atomic E-state index is 6.94. The van der Waals surface area contributed by atoms with Crippen molar-refractivity contribution in [1.29, 1.82) is 0 Å². The summed E-state index contributed by atoms with van der Waals surface area (Å²) in [4.78, 5) is 0. The van der Waals surface area contributed by atoms with Gasteiger partial charge >= 0.3 is 0 Å². The SMILES string of the molecule is C=CCC[C@](C)(O[Si](C)(C)C)[C@H]1O[C@@H](CC(=C)C)[C@@H]2C(C)=CC[C@@H](C(C)C)[C@@H]21. The van der Waals surface area contributed by atoms with Crippen molar-refractivity contribution in [2.24, 2.45) is 23.7 Å². The molecule has 0 unspecified atom stereocenters. The van der Waals surface area contributed by atoms with Gasteiger partial charge in [0.15, 0.2) is 8.32 Å². The van der Waals surface area contributed by atoms with Crippen molar-refractivity contribution in [2.45, 2.75) is 97.8 Å². The molecule has 0 amide bonds. The Kier molecular flexibility index (Phi) is 7.61. The fourth-order valence-electron chi connectivity index (χ4n) is 5.63. The van der Waals surface area contributed by atoms with E-state index in [-0.39, 0.29) is 17.8 Å². The van der Waals surface area contributed by atoms with Crippen molar-refractivity contribution >= 4 is 8.32 Å². The van der Waals surface area contributed by atoms with Gasteiger partial charge in [-0.05, 0) is 77.9 Å². The fraction of sp³-hybridized carbons (Fsp3) is 0.760. The number of rotatable bonds is 9. The fourth-order valence-corrected chi connectivity index (χ4v) is 7.25. The van der Waals surface area contributed by atoms with Crippen molar-refractivity contribution in [3.8, 4) is 0 Å². The second-order valence-corrected chi connectivity index (χ2v) is 15.2. The van der Waals surface area contributed by atoms with E-state index in [9.17, 15) is 0 Å². The van der Waals surface area contributed by atoms with Crippen molar-refractivity contribution in [2.75, 3.05) is 0 Å². The predicted octanol–water partition coefficient (Wildman–Crippen LogP) is 7.15. The highest BCUT2D eigenvalue weighted by atomic mass is 28.4. The molecule has 2 rings (SSSR count). The number of hydrogen-bond acceptors (Lipinski definition) is 2. The summed E-state index contributed by atoms with van der Waals surface area (Å²) in [6, 6.07) is 0. The molecule has 2 aliphatic rings. The highest BCUT2D eigenvalue weighted by Crippen LogP contribution is 2.53. The minimum absolute atomic E-state index is 0.129. The van der Waals surface area contributed by atoms with Gasteiger partial charge in [0.25, 0.3) is 0 Å². The number of fused-ring (bicyclic) bond motifs is 1. The normalized spacial score (nSPS) is 32.6. The van der Waals surface area contributed by atoms with Gasteiger partial charge in [-0.3, -0.25) is 0 Å². The predicted molar refractivity (Wildman–Crippen MR) is 124 cm³/mol. The molecule has 1 aliphatic heterocycles. The van der Waals surface area contributed by atoms with Gasteiger partial charge in [-0.2, -0.15) is 0 Å². The zero-order valence-corrected chi connectivity index (χ0v) is 20.7. The van der Waals surface area contributed by atoms with Gasteiger partial charge in [-0.1, -0.05) is 37.1 Å². The minimum atomic E-state index is -1.73. The summed E-state index contributed by atoms with van der Waals surface area (Å²) in [5.41, 5.74) is 2.45. The maximum atomic E-state index is 6.94. The van der Waals surface area contributed by atoms with Gasteiger partial charge in [-0.15, -0.1) is 13.2 Å². The van der Waals surface area contributed by atoms with E-state index in [0.717, 1.165) is 25.7 Å². The highest BCUT2D eigenvalue weighted by Gasteiger charge is 2.56. The molecule has 6 atom stereocenters. The summed E-state index contributed by atoms with van der Waals surface area (Å²) >= 11 is 0. The lowest BCUT2D eigenvalue weighted by Gasteiger charge is -2.46. The van der Waals surface area contributed by atoms with E-state index in [2.05, 4.69) is 73.5 Å². The molecular formula is C25H44O2Si. The molecule has 1 fully saturated rings. The van der Waals surface area contributed by atoms with Crippen LogP contribution in [0.1, 0.15) is 60.3 Å². The van der Waals surface area contributed by atoms with E-state index in [1.165, 1.54) is 11.1 Å². The lowest BCUT2D eigenvalue weighted by atomic mass is 9.63. The molecule has 1 aliphatic carbocycles. The van der Waals surface area contributed by atoms with Crippen molar-refractivity contribution in [3.05, 3.63) is 36.5 Å². The molecule has 1 heterocycles. The summed E-state index contributed by atoms with van der Waals surface area (Å²) in [6.07, 6.45) is 8.89. The summed E-state index contributed by atoms with van der Waals surface area (Å²) < 4.78 is 13.8. The topological polar surface area (TPSA) is 18.5 Å². The zero-order chi connectivity index (χ0) is 21.3. The molecule has 0 spiro atoms. The first-order valence-electron chi connectivity index (χ1n) is 11.2. The van der Waals surface area contributed by atoms with Gasteiger partial charge in [-0.25, -0.2) is 0 Å². The minimum Gasteiger partial charge on any atom is -0.410 e. The third-order valence-corrected chi connectivity index (χ3v) is 7.69. The number of ether oxygens (including phenoxy) is 1. The Balaban J connectivity index is 2.50. The van der Waals surface area contributed by atoms with Gasteiger partial charge < -0.3 is 9.16 Å². The Labute approximate surface area is 175 Å².